The Morgan fingerprint density at radius 3 is 2.53 bits per heavy atom. The summed E-state index contributed by atoms with van der Waals surface area (Å²) in [5.74, 6) is -1.41. The summed E-state index contributed by atoms with van der Waals surface area (Å²) < 4.78 is 4.79. The lowest BCUT2D eigenvalue weighted by Crippen LogP contribution is -2.33. The van der Waals surface area contributed by atoms with Gasteiger partial charge in [-0.05, 0) is 12.1 Å². The fourth-order valence-corrected chi connectivity index (χ4v) is 1.74. The number of anilines is 1. The number of carbonyl (C=O) groups is 3. The largest absolute Gasteiger partial charge is 0.452 e. The van der Waals surface area contributed by atoms with Crippen LogP contribution in [0.4, 0.5) is 5.69 Å². The smallest absolute Gasteiger partial charge is 0.303 e. The Kier molecular flexibility index (Phi) is 2.91. The quantitative estimate of drug-likeness (QED) is 0.562. The van der Waals surface area contributed by atoms with Gasteiger partial charge >= 0.3 is 5.97 Å². The Balaban J connectivity index is 2.23. The third-order valence-corrected chi connectivity index (χ3v) is 2.43. The van der Waals surface area contributed by atoms with Crippen LogP contribution in [-0.4, -0.2) is 23.9 Å². The molecule has 2 amide bonds. The van der Waals surface area contributed by atoms with Crippen LogP contribution < -0.4 is 4.90 Å². The molecule has 0 radical (unpaired) electrons. The van der Waals surface area contributed by atoms with Crippen molar-refractivity contribution in [2.24, 2.45) is 0 Å². The third kappa shape index (κ3) is 2.18. The topological polar surface area (TPSA) is 63.7 Å². The van der Waals surface area contributed by atoms with Crippen LogP contribution in [0.2, 0.25) is 0 Å². The van der Waals surface area contributed by atoms with E-state index in [0.717, 1.165) is 4.90 Å². The Morgan fingerprint density at radius 2 is 1.94 bits per heavy atom. The molecular formula is C12H11NO4. The number of carbonyl (C=O) groups excluding carboxylic acids is 3. The summed E-state index contributed by atoms with van der Waals surface area (Å²) in [7, 11) is 0. The SMILES string of the molecule is CC(=O)OC1CC(=O)N(c2ccccc2)C1=O. The first-order chi connectivity index (χ1) is 8.09. The second kappa shape index (κ2) is 4.37. The highest BCUT2D eigenvalue weighted by molar-refractivity contribution is 6.22. The highest BCUT2D eigenvalue weighted by atomic mass is 16.5. The molecule has 0 bridgehead atoms. The molecule has 17 heavy (non-hydrogen) atoms. The lowest BCUT2D eigenvalue weighted by molar-refractivity contribution is -0.151. The first kappa shape index (κ1) is 11.3. The van der Waals surface area contributed by atoms with Crippen molar-refractivity contribution in [3.05, 3.63) is 30.3 Å². The molecule has 1 atom stereocenters. The number of nitrogens with zero attached hydrogens (tertiary/aromatic N) is 1. The summed E-state index contributed by atoms with van der Waals surface area (Å²) in [5.41, 5.74) is 0.497. The van der Waals surface area contributed by atoms with Gasteiger partial charge in [-0.25, -0.2) is 4.90 Å². The van der Waals surface area contributed by atoms with Gasteiger partial charge in [0.05, 0.1) is 12.1 Å². The Hall–Kier alpha value is -2.17. The van der Waals surface area contributed by atoms with E-state index in [1.54, 1.807) is 30.3 Å². The van der Waals surface area contributed by atoms with Crippen molar-refractivity contribution in [3.63, 3.8) is 0 Å². The first-order valence-electron chi connectivity index (χ1n) is 5.18. The van der Waals surface area contributed by atoms with Gasteiger partial charge in [-0.2, -0.15) is 0 Å². The maximum absolute atomic E-state index is 11.9. The minimum absolute atomic E-state index is 0.0900. The minimum atomic E-state index is -0.986. The van der Waals surface area contributed by atoms with Crippen molar-refractivity contribution in [3.8, 4) is 0 Å². The molecule has 0 spiro atoms. The first-order valence-corrected chi connectivity index (χ1v) is 5.18. The van der Waals surface area contributed by atoms with Crippen LogP contribution in [0.3, 0.4) is 0 Å². The van der Waals surface area contributed by atoms with Crippen molar-refractivity contribution in [2.75, 3.05) is 4.90 Å². The molecule has 5 nitrogen and oxygen atoms in total. The number of amides is 2. The average Bonchev–Trinajstić information content (AvgIpc) is 2.54. The maximum atomic E-state index is 11.9. The summed E-state index contributed by atoms with van der Waals surface area (Å²) >= 11 is 0. The molecule has 2 rings (SSSR count). The van der Waals surface area contributed by atoms with E-state index in [1.165, 1.54) is 6.92 Å². The molecule has 1 aromatic carbocycles. The number of hydrogen-bond donors (Lipinski definition) is 0. The number of hydrogen-bond acceptors (Lipinski definition) is 4. The molecule has 1 unspecified atom stereocenters. The number of esters is 1. The molecule has 1 aliphatic heterocycles. The molecule has 88 valence electrons. The van der Waals surface area contributed by atoms with E-state index in [2.05, 4.69) is 0 Å². The summed E-state index contributed by atoms with van der Waals surface area (Å²) in [6.45, 7) is 1.21. The van der Waals surface area contributed by atoms with Crippen LogP contribution >= 0.6 is 0 Å². The molecule has 5 heteroatoms. The number of imide groups is 1. The lowest BCUT2D eigenvalue weighted by Gasteiger charge is -2.14. The van der Waals surface area contributed by atoms with E-state index >= 15 is 0 Å². The molecule has 0 aliphatic carbocycles. The summed E-state index contributed by atoms with van der Waals surface area (Å²) in [6.07, 6.45) is -1.08. The standard InChI is InChI=1S/C12H11NO4/c1-8(14)17-10-7-11(15)13(12(10)16)9-5-3-2-4-6-9/h2-6,10H,7H2,1H3. The third-order valence-electron chi connectivity index (χ3n) is 2.43. The van der Waals surface area contributed by atoms with Gasteiger partial charge in [0.2, 0.25) is 5.91 Å². The molecule has 0 N–H and O–H groups in total. The van der Waals surface area contributed by atoms with Gasteiger partial charge in [0, 0.05) is 6.92 Å². The monoisotopic (exact) mass is 233 g/mol. The average molecular weight is 233 g/mol. The number of ether oxygens (including phenoxy) is 1. The number of para-hydroxylation sites is 1. The fourth-order valence-electron chi connectivity index (χ4n) is 1.74. The van der Waals surface area contributed by atoms with E-state index in [4.69, 9.17) is 4.74 Å². The molecule has 0 aromatic heterocycles. The van der Waals surface area contributed by atoms with Crippen molar-refractivity contribution in [1.29, 1.82) is 0 Å². The van der Waals surface area contributed by atoms with Gasteiger partial charge in [0.15, 0.2) is 6.10 Å². The van der Waals surface area contributed by atoms with Crippen LogP contribution in [0.1, 0.15) is 13.3 Å². The molecule has 0 saturated carbocycles. The van der Waals surface area contributed by atoms with Crippen molar-refractivity contribution in [1.82, 2.24) is 0 Å². The van der Waals surface area contributed by atoms with Crippen molar-refractivity contribution >= 4 is 23.5 Å². The van der Waals surface area contributed by atoms with E-state index in [1.807, 2.05) is 0 Å². The number of benzene rings is 1. The van der Waals surface area contributed by atoms with Gasteiger partial charge in [-0.15, -0.1) is 0 Å². The zero-order valence-electron chi connectivity index (χ0n) is 9.25. The van der Waals surface area contributed by atoms with Crippen LogP contribution in [-0.2, 0) is 19.1 Å². The molecule has 1 aliphatic rings. The van der Waals surface area contributed by atoms with Crippen LogP contribution in [0.5, 0.6) is 0 Å². The van der Waals surface area contributed by atoms with E-state index in [-0.39, 0.29) is 12.3 Å². The summed E-state index contributed by atoms with van der Waals surface area (Å²) in [4.78, 5) is 35.4. The van der Waals surface area contributed by atoms with E-state index in [0.29, 0.717) is 5.69 Å². The second-order valence-corrected chi connectivity index (χ2v) is 3.71. The lowest BCUT2D eigenvalue weighted by atomic mass is 10.3. The molecule has 1 saturated heterocycles. The zero-order valence-corrected chi connectivity index (χ0v) is 9.25. The molecular weight excluding hydrogens is 222 g/mol. The molecule has 1 aromatic rings. The zero-order chi connectivity index (χ0) is 12.4. The van der Waals surface area contributed by atoms with Crippen molar-refractivity contribution < 1.29 is 19.1 Å². The van der Waals surface area contributed by atoms with Gasteiger partial charge in [0.25, 0.3) is 5.91 Å². The predicted octanol–water partition coefficient (Wildman–Crippen LogP) is 0.882. The summed E-state index contributed by atoms with van der Waals surface area (Å²) in [6, 6.07) is 8.57. The van der Waals surface area contributed by atoms with E-state index in [9.17, 15) is 14.4 Å². The normalized spacial score (nSPS) is 19.6. The van der Waals surface area contributed by atoms with Gasteiger partial charge in [-0.3, -0.25) is 14.4 Å². The second-order valence-electron chi connectivity index (χ2n) is 3.71. The molecule has 1 heterocycles. The Labute approximate surface area is 98.0 Å². The minimum Gasteiger partial charge on any atom is -0.452 e. The van der Waals surface area contributed by atoms with Gasteiger partial charge in [-0.1, -0.05) is 18.2 Å². The van der Waals surface area contributed by atoms with Crippen LogP contribution in [0.15, 0.2) is 30.3 Å². The maximum Gasteiger partial charge on any atom is 0.303 e. The van der Waals surface area contributed by atoms with Crippen molar-refractivity contribution in [2.45, 2.75) is 19.4 Å². The molecule has 1 fully saturated rings. The van der Waals surface area contributed by atoms with E-state index < -0.39 is 18.0 Å². The van der Waals surface area contributed by atoms with Gasteiger partial charge in [0.1, 0.15) is 0 Å². The Morgan fingerprint density at radius 1 is 1.29 bits per heavy atom. The predicted molar refractivity (Wildman–Crippen MR) is 59.1 cm³/mol. The highest BCUT2D eigenvalue weighted by Crippen LogP contribution is 2.23. The fraction of sp³-hybridized carbons (Fsp3) is 0.250. The van der Waals surface area contributed by atoms with Crippen LogP contribution in [0.25, 0.3) is 0 Å². The van der Waals surface area contributed by atoms with Gasteiger partial charge < -0.3 is 4.74 Å². The number of rotatable bonds is 2. The van der Waals surface area contributed by atoms with Crippen LogP contribution in [0, 0.1) is 0 Å². The Bertz CT molecular complexity index is 469. The highest BCUT2D eigenvalue weighted by Gasteiger charge is 2.41. The summed E-state index contributed by atoms with van der Waals surface area (Å²) in [5, 5.41) is 0.